The first kappa shape index (κ1) is 23.4. The molecule has 0 atom stereocenters. The Labute approximate surface area is 179 Å². The molecule has 172 valence electrons. The van der Waals surface area contributed by atoms with Gasteiger partial charge in [-0.15, -0.1) is 0 Å². The van der Waals surface area contributed by atoms with Crippen LogP contribution in [0, 0.1) is 0 Å². The van der Waals surface area contributed by atoms with Crippen LogP contribution in [0.3, 0.4) is 0 Å². The van der Waals surface area contributed by atoms with Gasteiger partial charge in [0, 0.05) is 31.9 Å². The molecule has 0 aliphatic carbocycles. The van der Waals surface area contributed by atoms with Gasteiger partial charge in [-0.1, -0.05) is 6.07 Å². The van der Waals surface area contributed by atoms with Crippen LogP contribution in [0.25, 0.3) is 0 Å². The fourth-order valence-electron chi connectivity index (χ4n) is 3.19. The van der Waals surface area contributed by atoms with Crippen molar-refractivity contribution in [2.75, 3.05) is 37.7 Å². The number of ether oxygens (including phenoxy) is 1. The van der Waals surface area contributed by atoms with Gasteiger partial charge in [-0.3, -0.25) is 4.79 Å². The molecule has 0 spiro atoms. The molecule has 1 saturated heterocycles. The number of alkyl halides is 6. The molecule has 1 aliphatic rings. The standard InChI is InChI=1S/C21H18F6N2O3/c22-20(23,24)15-6-4-14(5-7-15)19(31)32-13-18(30)29-10-8-28(9-11-29)17-3-1-2-16(12-17)21(25,26)27/h1-7,12H,8-11,13H2. The van der Waals surface area contributed by atoms with E-state index in [0.29, 0.717) is 18.8 Å². The van der Waals surface area contributed by atoms with Crippen molar-refractivity contribution in [1.82, 2.24) is 4.90 Å². The third-order valence-corrected chi connectivity index (χ3v) is 4.95. The van der Waals surface area contributed by atoms with Crippen LogP contribution in [-0.2, 0) is 21.9 Å². The van der Waals surface area contributed by atoms with Gasteiger partial charge in [0.2, 0.25) is 0 Å². The molecule has 32 heavy (non-hydrogen) atoms. The Balaban J connectivity index is 1.50. The summed E-state index contributed by atoms with van der Waals surface area (Å²) in [6.07, 6.45) is -8.99. The first-order valence-corrected chi connectivity index (χ1v) is 9.49. The Kier molecular flexibility index (Phi) is 6.65. The van der Waals surface area contributed by atoms with Crippen LogP contribution in [-0.4, -0.2) is 49.6 Å². The van der Waals surface area contributed by atoms with Crippen LogP contribution in [0.2, 0.25) is 0 Å². The van der Waals surface area contributed by atoms with Crippen molar-refractivity contribution >= 4 is 17.6 Å². The molecule has 0 unspecified atom stereocenters. The van der Waals surface area contributed by atoms with E-state index in [1.807, 2.05) is 0 Å². The zero-order valence-electron chi connectivity index (χ0n) is 16.5. The van der Waals surface area contributed by atoms with Gasteiger partial charge < -0.3 is 14.5 Å². The maximum absolute atomic E-state index is 12.9. The van der Waals surface area contributed by atoms with Gasteiger partial charge in [0.15, 0.2) is 6.61 Å². The summed E-state index contributed by atoms with van der Waals surface area (Å²) in [5.74, 6) is -1.44. The molecule has 1 heterocycles. The molecule has 2 aromatic rings. The predicted octanol–water partition coefficient (Wildman–Crippen LogP) is 4.23. The summed E-state index contributed by atoms with van der Waals surface area (Å²) in [7, 11) is 0. The number of nitrogens with zero attached hydrogens (tertiary/aromatic N) is 2. The first-order valence-electron chi connectivity index (χ1n) is 9.49. The summed E-state index contributed by atoms with van der Waals surface area (Å²) in [5.41, 5.74) is -1.41. The summed E-state index contributed by atoms with van der Waals surface area (Å²) in [6.45, 7) is 0.420. The van der Waals surface area contributed by atoms with Gasteiger partial charge in [-0.2, -0.15) is 26.3 Å². The maximum Gasteiger partial charge on any atom is 0.416 e. The van der Waals surface area contributed by atoms with Gasteiger partial charge in [-0.05, 0) is 42.5 Å². The van der Waals surface area contributed by atoms with Crippen molar-refractivity contribution in [3.8, 4) is 0 Å². The molecule has 11 heteroatoms. The van der Waals surface area contributed by atoms with E-state index in [0.717, 1.165) is 36.4 Å². The average molecular weight is 460 g/mol. The molecule has 3 rings (SSSR count). The van der Waals surface area contributed by atoms with E-state index < -0.39 is 42.0 Å². The van der Waals surface area contributed by atoms with Crippen LogP contribution in [0.5, 0.6) is 0 Å². The van der Waals surface area contributed by atoms with Gasteiger partial charge in [0.25, 0.3) is 5.91 Å². The minimum atomic E-state index is -4.53. The minimum absolute atomic E-state index is 0.125. The van der Waals surface area contributed by atoms with E-state index in [-0.39, 0.29) is 18.7 Å². The SMILES string of the molecule is O=C(OCC(=O)N1CCN(c2cccc(C(F)(F)F)c2)CC1)c1ccc(C(F)(F)F)cc1. The Bertz CT molecular complexity index is 965. The van der Waals surface area contributed by atoms with E-state index in [2.05, 4.69) is 0 Å². The number of carbonyl (C=O) groups excluding carboxylic acids is 2. The number of hydrogen-bond donors (Lipinski definition) is 0. The minimum Gasteiger partial charge on any atom is -0.452 e. The van der Waals surface area contributed by atoms with Crippen molar-refractivity contribution in [1.29, 1.82) is 0 Å². The number of esters is 1. The molecule has 0 aromatic heterocycles. The van der Waals surface area contributed by atoms with Crippen molar-refractivity contribution in [2.24, 2.45) is 0 Å². The molecule has 2 aromatic carbocycles. The normalized spacial score (nSPS) is 14.9. The van der Waals surface area contributed by atoms with E-state index in [1.165, 1.54) is 11.0 Å². The fourth-order valence-corrected chi connectivity index (χ4v) is 3.19. The topological polar surface area (TPSA) is 49.9 Å². The number of benzene rings is 2. The van der Waals surface area contributed by atoms with Crippen LogP contribution in [0.4, 0.5) is 32.0 Å². The van der Waals surface area contributed by atoms with Crippen LogP contribution < -0.4 is 4.90 Å². The summed E-state index contributed by atoms with van der Waals surface area (Å²) >= 11 is 0. The van der Waals surface area contributed by atoms with Gasteiger partial charge in [0.05, 0.1) is 16.7 Å². The van der Waals surface area contributed by atoms with E-state index in [4.69, 9.17) is 4.74 Å². The van der Waals surface area contributed by atoms with Crippen molar-refractivity contribution < 1.29 is 40.7 Å². The number of halogens is 6. The van der Waals surface area contributed by atoms with Crippen molar-refractivity contribution in [2.45, 2.75) is 12.4 Å². The molecule has 0 radical (unpaired) electrons. The highest BCUT2D eigenvalue weighted by Crippen LogP contribution is 2.32. The quantitative estimate of drug-likeness (QED) is 0.506. The Hall–Kier alpha value is -3.24. The summed E-state index contributed by atoms with van der Waals surface area (Å²) in [4.78, 5) is 27.4. The molecule has 5 nitrogen and oxygen atoms in total. The number of amides is 1. The Morgan fingerprint density at radius 2 is 1.41 bits per heavy atom. The molecule has 1 amide bonds. The lowest BCUT2D eigenvalue weighted by molar-refractivity contribution is -0.138. The molecule has 0 bridgehead atoms. The first-order chi connectivity index (χ1) is 14.9. The van der Waals surface area contributed by atoms with E-state index >= 15 is 0 Å². The van der Waals surface area contributed by atoms with Crippen molar-refractivity contribution in [3.63, 3.8) is 0 Å². The number of rotatable bonds is 4. The number of hydrogen-bond acceptors (Lipinski definition) is 4. The molecular weight excluding hydrogens is 442 g/mol. The summed E-state index contributed by atoms with van der Waals surface area (Å²) in [5, 5.41) is 0. The van der Waals surface area contributed by atoms with Gasteiger partial charge >= 0.3 is 18.3 Å². The molecule has 1 aliphatic heterocycles. The van der Waals surface area contributed by atoms with E-state index in [1.54, 1.807) is 11.0 Å². The third-order valence-electron chi connectivity index (χ3n) is 4.95. The molecule has 1 fully saturated rings. The predicted molar refractivity (Wildman–Crippen MR) is 102 cm³/mol. The maximum atomic E-state index is 12.9. The van der Waals surface area contributed by atoms with Crippen molar-refractivity contribution in [3.05, 3.63) is 65.2 Å². The molecule has 0 N–H and O–H groups in total. The number of anilines is 1. The lowest BCUT2D eigenvalue weighted by Gasteiger charge is -2.36. The third kappa shape index (κ3) is 5.71. The zero-order chi connectivity index (χ0) is 23.5. The zero-order valence-corrected chi connectivity index (χ0v) is 16.5. The number of carbonyl (C=O) groups is 2. The second-order valence-corrected chi connectivity index (χ2v) is 7.07. The summed E-state index contributed by atoms with van der Waals surface area (Å²) < 4.78 is 81.2. The molecule has 0 saturated carbocycles. The Morgan fingerprint density at radius 3 is 1.97 bits per heavy atom. The fraction of sp³-hybridized carbons (Fsp3) is 0.333. The highest BCUT2D eigenvalue weighted by atomic mass is 19.4. The number of piperazine rings is 1. The van der Waals surface area contributed by atoms with E-state index in [9.17, 15) is 35.9 Å². The van der Waals surface area contributed by atoms with Gasteiger partial charge in [0.1, 0.15) is 0 Å². The van der Waals surface area contributed by atoms with Gasteiger partial charge in [-0.25, -0.2) is 4.79 Å². The lowest BCUT2D eigenvalue weighted by atomic mass is 10.1. The second-order valence-electron chi connectivity index (χ2n) is 7.07. The largest absolute Gasteiger partial charge is 0.452 e. The van der Waals surface area contributed by atoms with Crippen LogP contribution in [0.1, 0.15) is 21.5 Å². The smallest absolute Gasteiger partial charge is 0.416 e. The Morgan fingerprint density at radius 1 is 0.812 bits per heavy atom. The lowest BCUT2D eigenvalue weighted by Crippen LogP contribution is -2.50. The highest BCUT2D eigenvalue weighted by molar-refractivity contribution is 5.91. The van der Waals surface area contributed by atoms with Crippen LogP contribution in [0.15, 0.2) is 48.5 Å². The molecular formula is C21H18F6N2O3. The highest BCUT2D eigenvalue weighted by Gasteiger charge is 2.32. The monoisotopic (exact) mass is 460 g/mol. The van der Waals surface area contributed by atoms with Crippen LogP contribution >= 0.6 is 0 Å². The second kappa shape index (κ2) is 9.09. The average Bonchev–Trinajstić information content (AvgIpc) is 2.76. The summed E-state index contributed by atoms with van der Waals surface area (Å²) in [6, 6.07) is 8.30.